The first-order valence-electron chi connectivity index (χ1n) is 8.16. The molecule has 0 spiro atoms. The molecule has 0 bridgehead atoms. The van der Waals surface area contributed by atoms with Gasteiger partial charge in [0.25, 0.3) is 5.91 Å². The Morgan fingerprint density at radius 1 is 1.09 bits per heavy atom. The molecule has 120 valence electrons. The minimum absolute atomic E-state index is 0.0132. The van der Waals surface area contributed by atoms with Crippen molar-refractivity contribution in [2.24, 2.45) is 5.92 Å². The molecule has 4 nitrogen and oxygen atoms in total. The van der Waals surface area contributed by atoms with Gasteiger partial charge in [0.2, 0.25) is 5.91 Å². The van der Waals surface area contributed by atoms with Crippen LogP contribution in [0.3, 0.4) is 0 Å². The number of nitrogens with one attached hydrogen (secondary N) is 1. The maximum Gasteiger partial charge on any atom is 0.254 e. The van der Waals surface area contributed by atoms with Gasteiger partial charge in [-0.05, 0) is 35.6 Å². The smallest absolute Gasteiger partial charge is 0.254 e. The van der Waals surface area contributed by atoms with Crippen LogP contribution in [-0.4, -0.2) is 36.3 Å². The van der Waals surface area contributed by atoms with Gasteiger partial charge in [-0.1, -0.05) is 36.4 Å². The topological polar surface area (TPSA) is 49.4 Å². The highest BCUT2D eigenvalue weighted by atomic mass is 16.2. The molecule has 0 radical (unpaired) electrons. The lowest BCUT2D eigenvalue weighted by Crippen LogP contribution is -2.41. The van der Waals surface area contributed by atoms with Crippen molar-refractivity contribution in [3.63, 3.8) is 0 Å². The first kappa shape index (κ1) is 15.5. The molecule has 4 heteroatoms. The van der Waals surface area contributed by atoms with Gasteiger partial charge < -0.3 is 10.2 Å². The summed E-state index contributed by atoms with van der Waals surface area (Å²) in [7, 11) is 0. The van der Waals surface area contributed by atoms with E-state index in [4.69, 9.17) is 0 Å². The average molecular weight is 310 g/mol. The van der Waals surface area contributed by atoms with Crippen LogP contribution in [0, 0.1) is 5.92 Å². The Hall–Kier alpha value is -2.36. The second-order valence-electron chi connectivity index (χ2n) is 6.20. The van der Waals surface area contributed by atoms with E-state index in [0.717, 1.165) is 42.3 Å². The predicted octanol–water partition coefficient (Wildman–Crippen LogP) is 2.83. The molecule has 23 heavy (non-hydrogen) atoms. The van der Waals surface area contributed by atoms with Crippen molar-refractivity contribution in [2.75, 3.05) is 19.6 Å². The number of nitrogens with zero attached hydrogens (tertiary/aromatic N) is 1. The van der Waals surface area contributed by atoms with E-state index >= 15 is 0 Å². The zero-order valence-corrected chi connectivity index (χ0v) is 13.4. The predicted molar refractivity (Wildman–Crippen MR) is 91.3 cm³/mol. The number of rotatable bonds is 3. The molecule has 1 N–H and O–H groups in total. The number of hydrogen-bond donors (Lipinski definition) is 1. The Balaban J connectivity index is 1.68. The molecule has 2 aromatic carbocycles. The third kappa shape index (κ3) is 3.52. The second-order valence-corrected chi connectivity index (χ2v) is 6.20. The van der Waals surface area contributed by atoms with Crippen molar-refractivity contribution < 1.29 is 9.59 Å². The van der Waals surface area contributed by atoms with Crippen LogP contribution in [0.25, 0.3) is 10.8 Å². The van der Waals surface area contributed by atoms with Gasteiger partial charge in [0, 0.05) is 32.1 Å². The van der Waals surface area contributed by atoms with E-state index in [0.29, 0.717) is 12.5 Å². The summed E-state index contributed by atoms with van der Waals surface area (Å²) in [6, 6.07) is 13.9. The van der Waals surface area contributed by atoms with Gasteiger partial charge in [0.15, 0.2) is 0 Å². The largest absolute Gasteiger partial charge is 0.356 e. The zero-order valence-electron chi connectivity index (χ0n) is 13.4. The molecule has 1 aliphatic rings. The third-order valence-electron chi connectivity index (χ3n) is 4.56. The van der Waals surface area contributed by atoms with Crippen molar-refractivity contribution in [3.8, 4) is 0 Å². The Morgan fingerprint density at radius 2 is 1.78 bits per heavy atom. The highest BCUT2D eigenvalue weighted by Crippen LogP contribution is 2.23. The number of benzene rings is 2. The van der Waals surface area contributed by atoms with Gasteiger partial charge in [-0.2, -0.15) is 0 Å². The van der Waals surface area contributed by atoms with Crippen LogP contribution < -0.4 is 5.32 Å². The van der Waals surface area contributed by atoms with Crippen molar-refractivity contribution in [2.45, 2.75) is 19.8 Å². The molecule has 1 saturated heterocycles. The lowest BCUT2D eigenvalue weighted by atomic mass is 9.95. The van der Waals surface area contributed by atoms with Crippen LogP contribution in [-0.2, 0) is 4.79 Å². The van der Waals surface area contributed by atoms with Crippen molar-refractivity contribution in [1.29, 1.82) is 0 Å². The average Bonchev–Trinajstić information content (AvgIpc) is 2.59. The summed E-state index contributed by atoms with van der Waals surface area (Å²) in [4.78, 5) is 25.8. The molecule has 0 aromatic heterocycles. The van der Waals surface area contributed by atoms with Crippen LogP contribution >= 0.6 is 0 Å². The SMILES string of the molecule is CC(=O)NCC1CCN(C(=O)c2cccc3ccccc23)CC1. The van der Waals surface area contributed by atoms with Crippen LogP contribution in [0.1, 0.15) is 30.1 Å². The number of amides is 2. The molecule has 0 saturated carbocycles. The molecule has 1 aliphatic heterocycles. The lowest BCUT2D eigenvalue weighted by molar-refractivity contribution is -0.119. The molecular weight excluding hydrogens is 288 g/mol. The van der Waals surface area contributed by atoms with Gasteiger partial charge in [-0.15, -0.1) is 0 Å². The number of hydrogen-bond acceptors (Lipinski definition) is 2. The van der Waals surface area contributed by atoms with Gasteiger partial charge in [0.05, 0.1) is 0 Å². The van der Waals surface area contributed by atoms with Gasteiger partial charge >= 0.3 is 0 Å². The van der Waals surface area contributed by atoms with Crippen molar-refractivity contribution in [3.05, 3.63) is 48.0 Å². The number of carbonyl (C=O) groups is 2. The fraction of sp³-hybridized carbons (Fsp3) is 0.368. The van der Waals surface area contributed by atoms with E-state index in [-0.39, 0.29) is 11.8 Å². The second kappa shape index (κ2) is 6.82. The van der Waals surface area contributed by atoms with E-state index in [9.17, 15) is 9.59 Å². The summed E-state index contributed by atoms with van der Waals surface area (Å²) in [5.41, 5.74) is 0.781. The molecule has 2 aromatic rings. The van der Waals surface area contributed by atoms with Crippen LogP contribution in [0.2, 0.25) is 0 Å². The van der Waals surface area contributed by atoms with Gasteiger partial charge in [-0.25, -0.2) is 0 Å². The number of fused-ring (bicyclic) bond motifs is 1. The van der Waals surface area contributed by atoms with Crippen molar-refractivity contribution in [1.82, 2.24) is 10.2 Å². The summed E-state index contributed by atoms with van der Waals surface area (Å²) in [5, 5.41) is 4.98. The third-order valence-corrected chi connectivity index (χ3v) is 4.56. The first-order valence-corrected chi connectivity index (χ1v) is 8.16. The first-order chi connectivity index (χ1) is 11.1. The fourth-order valence-corrected chi connectivity index (χ4v) is 3.21. The molecule has 0 aliphatic carbocycles. The summed E-state index contributed by atoms with van der Waals surface area (Å²) in [6.45, 7) is 3.77. The molecule has 1 heterocycles. The summed E-state index contributed by atoms with van der Waals surface area (Å²) in [5.74, 6) is 0.592. The number of likely N-dealkylation sites (tertiary alicyclic amines) is 1. The number of piperidine rings is 1. The fourth-order valence-electron chi connectivity index (χ4n) is 3.21. The molecule has 1 fully saturated rings. The van der Waals surface area contributed by atoms with Crippen LogP contribution in [0.5, 0.6) is 0 Å². The van der Waals surface area contributed by atoms with E-state index in [1.807, 2.05) is 47.4 Å². The lowest BCUT2D eigenvalue weighted by Gasteiger charge is -2.32. The Labute approximate surface area is 136 Å². The van der Waals surface area contributed by atoms with E-state index in [1.165, 1.54) is 0 Å². The van der Waals surface area contributed by atoms with Gasteiger partial charge in [-0.3, -0.25) is 9.59 Å². The minimum Gasteiger partial charge on any atom is -0.356 e. The van der Waals surface area contributed by atoms with Crippen LogP contribution in [0.15, 0.2) is 42.5 Å². The van der Waals surface area contributed by atoms with E-state index in [1.54, 1.807) is 6.92 Å². The van der Waals surface area contributed by atoms with Gasteiger partial charge in [0.1, 0.15) is 0 Å². The van der Waals surface area contributed by atoms with E-state index in [2.05, 4.69) is 5.32 Å². The van der Waals surface area contributed by atoms with Crippen molar-refractivity contribution >= 4 is 22.6 Å². The number of carbonyl (C=O) groups excluding carboxylic acids is 2. The summed E-state index contributed by atoms with van der Waals surface area (Å²) >= 11 is 0. The summed E-state index contributed by atoms with van der Waals surface area (Å²) < 4.78 is 0. The molecule has 2 amide bonds. The molecular formula is C19H22N2O2. The molecule has 3 rings (SSSR count). The Morgan fingerprint density at radius 3 is 2.52 bits per heavy atom. The normalized spacial score (nSPS) is 15.6. The maximum absolute atomic E-state index is 12.8. The standard InChI is InChI=1S/C19H22N2O2/c1-14(22)20-13-15-9-11-21(12-10-15)19(23)18-8-4-6-16-5-2-3-7-17(16)18/h2-8,15H,9-13H2,1H3,(H,20,22). The maximum atomic E-state index is 12.8. The molecule has 0 unspecified atom stereocenters. The highest BCUT2D eigenvalue weighted by molar-refractivity contribution is 6.07. The minimum atomic E-state index is 0.0132. The molecule has 0 atom stereocenters. The zero-order chi connectivity index (χ0) is 16.2. The van der Waals surface area contributed by atoms with E-state index < -0.39 is 0 Å². The van der Waals surface area contributed by atoms with Crippen LogP contribution in [0.4, 0.5) is 0 Å². The summed E-state index contributed by atoms with van der Waals surface area (Å²) in [6.07, 6.45) is 1.88. The monoisotopic (exact) mass is 310 g/mol. The quantitative estimate of drug-likeness (QED) is 0.947. The Bertz CT molecular complexity index is 713. The highest BCUT2D eigenvalue weighted by Gasteiger charge is 2.24. The Kier molecular flexibility index (Phi) is 4.60.